The zero-order valence-electron chi connectivity index (χ0n) is 16.6. The number of hydrogen-bond donors (Lipinski definition) is 2. The Labute approximate surface area is 172 Å². The fraction of sp³-hybridized carbons (Fsp3) is 0.280. The Kier molecular flexibility index (Phi) is 6.25. The van der Waals surface area contributed by atoms with Gasteiger partial charge in [0.1, 0.15) is 5.75 Å². The van der Waals surface area contributed by atoms with Gasteiger partial charge < -0.3 is 19.9 Å². The van der Waals surface area contributed by atoms with E-state index in [1.165, 1.54) is 0 Å². The van der Waals surface area contributed by atoms with E-state index in [0.717, 1.165) is 34.5 Å². The summed E-state index contributed by atoms with van der Waals surface area (Å²) in [5.41, 5.74) is 4.37. The van der Waals surface area contributed by atoms with Crippen molar-refractivity contribution in [3.8, 4) is 16.9 Å². The topological polar surface area (TPSA) is 50.7 Å². The number of aliphatic hydroxyl groups is 1. The minimum absolute atomic E-state index is 0.195. The highest BCUT2D eigenvalue weighted by molar-refractivity contribution is 5.69. The van der Waals surface area contributed by atoms with Gasteiger partial charge in [0.2, 0.25) is 0 Å². The second-order valence-corrected chi connectivity index (χ2v) is 7.31. The summed E-state index contributed by atoms with van der Waals surface area (Å²) >= 11 is 0. The maximum Gasteiger partial charge on any atom is 0.118 e. The lowest BCUT2D eigenvalue weighted by atomic mass is 9.80. The van der Waals surface area contributed by atoms with Gasteiger partial charge in [-0.1, -0.05) is 66.7 Å². The fourth-order valence-electron chi connectivity index (χ4n) is 4.04. The fourth-order valence-corrected chi connectivity index (χ4v) is 4.04. The van der Waals surface area contributed by atoms with Crippen molar-refractivity contribution in [1.29, 1.82) is 0 Å². The van der Waals surface area contributed by atoms with E-state index in [4.69, 9.17) is 9.47 Å². The van der Waals surface area contributed by atoms with Crippen molar-refractivity contribution in [2.24, 2.45) is 0 Å². The SMILES string of the molecule is COc1ccc(-c2ccccc2C(c2ccccc2)C(O)C2CNCCO2)cc1. The molecule has 0 radical (unpaired) electrons. The number of rotatable bonds is 6. The molecule has 3 aromatic carbocycles. The Hall–Kier alpha value is -2.66. The standard InChI is InChI=1S/C25H27NO3/c1-28-20-13-11-18(12-14-20)21-9-5-6-10-22(21)24(19-7-3-2-4-8-19)25(27)23-17-26-15-16-29-23/h2-14,23-27H,15-17H2,1H3. The van der Waals surface area contributed by atoms with Gasteiger partial charge in [0, 0.05) is 19.0 Å². The summed E-state index contributed by atoms with van der Waals surface area (Å²) in [5.74, 6) is 0.631. The average Bonchev–Trinajstić information content (AvgIpc) is 2.81. The van der Waals surface area contributed by atoms with Gasteiger partial charge in [-0.25, -0.2) is 0 Å². The van der Waals surface area contributed by atoms with Crippen LogP contribution in [0.15, 0.2) is 78.9 Å². The van der Waals surface area contributed by atoms with Gasteiger partial charge in [0.15, 0.2) is 0 Å². The molecule has 0 saturated carbocycles. The molecule has 3 unspecified atom stereocenters. The molecule has 3 aromatic rings. The minimum atomic E-state index is -0.662. The molecule has 1 aliphatic rings. The van der Waals surface area contributed by atoms with Crippen LogP contribution in [0.25, 0.3) is 11.1 Å². The Morgan fingerprint density at radius 2 is 1.69 bits per heavy atom. The van der Waals surface area contributed by atoms with Gasteiger partial charge in [-0.05, 0) is 34.4 Å². The van der Waals surface area contributed by atoms with Crippen LogP contribution in [0.5, 0.6) is 5.75 Å². The maximum atomic E-state index is 11.4. The monoisotopic (exact) mass is 389 g/mol. The minimum Gasteiger partial charge on any atom is -0.497 e. The maximum absolute atomic E-state index is 11.4. The number of nitrogens with one attached hydrogen (secondary N) is 1. The van der Waals surface area contributed by atoms with Crippen LogP contribution in [0.1, 0.15) is 17.0 Å². The van der Waals surface area contributed by atoms with E-state index in [1.54, 1.807) is 7.11 Å². The zero-order valence-corrected chi connectivity index (χ0v) is 16.6. The van der Waals surface area contributed by atoms with Crippen molar-refractivity contribution >= 4 is 0 Å². The first kappa shape index (κ1) is 19.6. The highest BCUT2D eigenvalue weighted by atomic mass is 16.5. The predicted octanol–water partition coefficient (Wildman–Crippen LogP) is 3.84. The molecule has 29 heavy (non-hydrogen) atoms. The van der Waals surface area contributed by atoms with Crippen LogP contribution in [0.3, 0.4) is 0 Å². The van der Waals surface area contributed by atoms with Gasteiger partial charge >= 0.3 is 0 Å². The molecule has 4 rings (SSSR count). The van der Waals surface area contributed by atoms with Crippen molar-refractivity contribution in [2.45, 2.75) is 18.1 Å². The van der Waals surface area contributed by atoms with Gasteiger partial charge in [-0.3, -0.25) is 0 Å². The van der Waals surface area contributed by atoms with E-state index in [2.05, 4.69) is 41.7 Å². The molecule has 0 bridgehead atoms. The first-order chi connectivity index (χ1) is 14.3. The molecule has 4 heteroatoms. The summed E-state index contributed by atoms with van der Waals surface area (Å²) in [7, 11) is 1.67. The van der Waals surface area contributed by atoms with E-state index in [9.17, 15) is 5.11 Å². The average molecular weight is 389 g/mol. The number of methoxy groups -OCH3 is 1. The highest BCUT2D eigenvalue weighted by Crippen LogP contribution is 2.37. The van der Waals surface area contributed by atoms with Gasteiger partial charge in [0.05, 0.1) is 25.9 Å². The third-order valence-corrected chi connectivity index (χ3v) is 5.53. The lowest BCUT2D eigenvalue weighted by Gasteiger charge is -2.34. The summed E-state index contributed by atoms with van der Waals surface area (Å²) in [5, 5.41) is 14.7. The van der Waals surface area contributed by atoms with Gasteiger partial charge in [-0.15, -0.1) is 0 Å². The Balaban J connectivity index is 1.78. The first-order valence-corrected chi connectivity index (χ1v) is 10.1. The third kappa shape index (κ3) is 4.35. The van der Waals surface area contributed by atoms with Crippen LogP contribution < -0.4 is 10.1 Å². The molecule has 1 fully saturated rings. The number of morpholine rings is 1. The predicted molar refractivity (Wildman–Crippen MR) is 115 cm³/mol. The molecular formula is C25H27NO3. The van der Waals surface area contributed by atoms with Crippen LogP contribution in [-0.2, 0) is 4.74 Å². The molecule has 0 aromatic heterocycles. The number of aliphatic hydroxyl groups excluding tert-OH is 1. The summed E-state index contributed by atoms with van der Waals surface area (Å²) in [4.78, 5) is 0. The summed E-state index contributed by atoms with van der Waals surface area (Å²) in [6.45, 7) is 2.08. The molecule has 4 nitrogen and oxygen atoms in total. The van der Waals surface area contributed by atoms with Gasteiger partial charge in [0.25, 0.3) is 0 Å². The van der Waals surface area contributed by atoms with Crippen molar-refractivity contribution in [2.75, 3.05) is 26.8 Å². The Bertz CT molecular complexity index is 905. The van der Waals surface area contributed by atoms with E-state index >= 15 is 0 Å². The van der Waals surface area contributed by atoms with Crippen LogP contribution in [0.2, 0.25) is 0 Å². The number of hydrogen-bond acceptors (Lipinski definition) is 4. The van der Waals surface area contributed by atoms with E-state index in [1.807, 2.05) is 42.5 Å². The number of benzene rings is 3. The third-order valence-electron chi connectivity index (χ3n) is 5.53. The summed E-state index contributed by atoms with van der Waals surface area (Å²) < 4.78 is 11.2. The zero-order chi connectivity index (χ0) is 20.1. The molecule has 150 valence electrons. The Morgan fingerprint density at radius 3 is 2.38 bits per heavy atom. The van der Waals surface area contributed by atoms with E-state index in [-0.39, 0.29) is 12.0 Å². The van der Waals surface area contributed by atoms with Gasteiger partial charge in [-0.2, -0.15) is 0 Å². The van der Waals surface area contributed by atoms with Crippen LogP contribution >= 0.6 is 0 Å². The lowest BCUT2D eigenvalue weighted by molar-refractivity contribution is -0.0576. The molecule has 1 aliphatic heterocycles. The molecule has 0 aliphatic carbocycles. The van der Waals surface area contributed by atoms with E-state index < -0.39 is 6.10 Å². The Morgan fingerprint density at radius 1 is 0.966 bits per heavy atom. The molecule has 0 amide bonds. The number of ether oxygens (including phenoxy) is 2. The highest BCUT2D eigenvalue weighted by Gasteiger charge is 2.33. The molecule has 3 atom stereocenters. The molecule has 1 saturated heterocycles. The van der Waals surface area contributed by atoms with Crippen LogP contribution in [0.4, 0.5) is 0 Å². The molecule has 2 N–H and O–H groups in total. The van der Waals surface area contributed by atoms with Crippen molar-refractivity contribution in [1.82, 2.24) is 5.32 Å². The smallest absolute Gasteiger partial charge is 0.118 e. The van der Waals surface area contributed by atoms with Crippen molar-refractivity contribution < 1.29 is 14.6 Å². The summed E-state index contributed by atoms with van der Waals surface area (Å²) in [6.07, 6.45) is -0.914. The van der Waals surface area contributed by atoms with Crippen molar-refractivity contribution in [3.63, 3.8) is 0 Å². The molecule has 0 spiro atoms. The van der Waals surface area contributed by atoms with E-state index in [0.29, 0.717) is 13.2 Å². The molecule has 1 heterocycles. The normalized spacial score (nSPS) is 18.8. The lowest BCUT2D eigenvalue weighted by Crippen LogP contribution is -2.47. The van der Waals surface area contributed by atoms with Crippen LogP contribution in [-0.4, -0.2) is 44.1 Å². The van der Waals surface area contributed by atoms with Crippen molar-refractivity contribution in [3.05, 3.63) is 90.0 Å². The molecular weight excluding hydrogens is 362 g/mol. The second-order valence-electron chi connectivity index (χ2n) is 7.31. The second kappa shape index (κ2) is 9.23. The first-order valence-electron chi connectivity index (χ1n) is 10.1. The quantitative estimate of drug-likeness (QED) is 0.673. The largest absolute Gasteiger partial charge is 0.497 e. The summed E-state index contributed by atoms with van der Waals surface area (Å²) in [6, 6.07) is 26.5. The van der Waals surface area contributed by atoms with Crippen LogP contribution in [0, 0.1) is 0 Å².